The third-order valence-corrected chi connectivity index (χ3v) is 4.32. The van der Waals surface area contributed by atoms with Gasteiger partial charge < -0.3 is 9.64 Å². The van der Waals surface area contributed by atoms with Crippen molar-refractivity contribution in [3.8, 4) is 0 Å². The molecule has 0 aliphatic carbocycles. The van der Waals surface area contributed by atoms with Gasteiger partial charge in [-0.05, 0) is 59.0 Å². The van der Waals surface area contributed by atoms with E-state index < -0.39 is 0 Å². The summed E-state index contributed by atoms with van der Waals surface area (Å²) in [6.45, 7) is 7.57. The Labute approximate surface area is 127 Å². The lowest BCUT2D eigenvalue weighted by atomic mass is 9.94. The molecule has 0 radical (unpaired) electrons. The highest BCUT2D eigenvalue weighted by Gasteiger charge is 2.29. The van der Waals surface area contributed by atoms with Gasteiger partial charge in [0.25, 0.3) is 0 Å². The monoisotopic (exact) mass is 296 g/mol. The van der Waals surface area contributed by atoms with Gasteiger partial charge in [-0.1, -0.05) is 0 Å². The van der Waals surface area contributed by atoms with Crippen molar-refractivity contribution < 1.29 is 14.3 Å². The maximum Gasteiger partial charge on any atom is 0.320 e. The van der Waals surface area contributed by atoms with Gasteiger partial charge in [0.2, 0.25) is 5.91 Å². The number of nitrogens with zero attached hydrogens (tertiary/aromatic N) is 2. The molecule has 0 unspecified atom stereocenters. The largest absolute Gasteiger partial charge is 0.462 e. The van der Waals surface area contributed by atoms with E-state index in [4.69, 9.17) is 4.74 Å². The van der Waals surface area contributed by atoms with Crippen LogP contribution in [-0.2, 0) is 14.3 Å². The Morgan fingerprint density at radius 2 is 1.67 bits per heavy atom. The van der Waals surface area contributed by atoms with Gasteiger partial charge in [0.05, 0.1) is 12.6 Å². The fourth-order valence-corrected chi connectivity index (χ4v) is 3.19. The van der Waals surface area contributed by atoms with Crippen LogP contribution in [0, 0.1) is 5.92 Å². The molecule has 2 heterocycles. The number of carbonyl (C=O) groups excluding carboxylic acids is 2. The molecule has 0 aromatic rings. The normalized spacial score (nSPS) is 21.6. The van der Waals surface area contributed by atoms with Gasteiger partial charge in [-0.25, -0.2) is 0 Å². The van der Waals surface area contributed by atoms with Gasteiger partial charge in [-0.15, -0.1) is 0 Å². The molecule has 2 rings (SSSR count). The molecule has 0 bridgehead atoms. The zero-order valence-corrected chi connectivity index (χ0v) is 13.3. The second-order valence-corrected chi connectivity index (χ2v) is 6.47. The molecule has 0 saturated carbocycles. The lowest BCUT2D eigenvalue weighted by molar-refractivity contribution is -0.149. The second kappa shape index (κ2) is 7.78. The minimum absolute atomic E-state index is 0.0595. The zero-order chi connectivity index (χ0) is 15.2. The number of ether oxygens (including phenoxy) is 1. The summed E-state index contributed by atoms with van der Waals surface area (Å²) in [4.78, 5) is 28.2. The highest BCUT2D eigenvalue weighted by atomic mass is 16.5. The van der Waals surface area contributed by atoms with Crippen LogP contribution in [0.4, 0.5) is 0 Å². The number of likely N-dealkylation sites (tertiary alicyclic amines) is 2. The standard InChI is InChI=1S/C16H28N2O3/c1-13(2)21-15(19)12-17-10-6-14(7-11-17)16(20)18-8-4-3-5-9-18/h13-14H,3-12H2,1-2H3. The van der Waals surface area contributed by atoms with E-state index in [9.17, 15) is 9.59 Å². The number of esters is 1. The molecule has 0 aromatic carbocycles. The first kappa shape index (κ1) is 16.3. The second-order valence-electron chi connectivity index (χ2n) is 6.47. The van der Waals surface area contributed by atoms with E-state index in [2.05, 4.69) is 4.90 Å². The summed E-state index contributed by atoms with van der Waals surface area (Å²) >= 11 is 0. The third kappa shape index (κ3) is 4.99. The average molecular weight is 296 g/mol. The van der Waals surface area contributed by atoms with Crippen molar-refractivity contribution in [3.05, 3.63) is 0 Å². The van der Waals surface area contributed by atoms with Gasteiger partial charge in [-0.3, -0.25) is 14.5 Å². The summed E-state index contributed by atoms with van der Waals surface area (Å²) in [5.74, 6) is 0.324. The molecule has 2 aliphatic heterocycles. The van der Waals surface area contributed by atoms with Crippen LogP contribution in [0.3, 0.4) is 0 Å². The topological polar surface area (TPSA) is 49.9 Å². The number of piperidine rings is 2. The maximum atomic E-state index is 12.4. The van der Waals surface area contributed by atoms with Gasteiger partial charge >= 0.3 is 5.97 Å². The van der Waals surface area contributed by atoms with Crippen molar-refractivity contribution in [3.63, 3.8) is 0 Å². The van der Waals surface area contributed by atoms with Crippen LogP contribution < -0.4 is 0 Å². The van der Waals surface area contributed by atoms with Crippen molar-refractivity contribution in [1.82, 2.24) is 9.80 Å². The fourth-order valence-electron chi connectivity index (χ4n) is 3.19. The summed E-state index contributed by atoms with van der Waals surface area (Å²) in [6, 6.07) is 0. The van der Waals surface area contributed by atoms with Crippen molar-refractivity contribution >= 4 is 11.9 Å². The molecule has 2 saturated heterocycles. The smallest absolute Gasteiger partial charge is 0.320 e. The molecule has 1 amide bonds. The van der Waals surface area contributed by atoms with E-state index in [1.807, 2.05) is 18.7 Å². The highest BCUT2D eigenvalue weighted by Crippen LogP contribution is 2.21. The molecule has 2 aliphatic rings. The minimum Gasteiger partial charge on any atom is -0.462 e. The van der Waals surface area contributed by atoms with Crippen LogP contribution in [0.1, 0.15) is 46.0 Å². The zero-order valence-electron chi connectivity index (χ0n) is 13.3. The van der Waals surface area contributed by atoms with Gasteiger partial charge in [-0.2, -0.15) is 0 Å². The van der Waals surface area contributed by atoms with Crippen molar-refractivity contribution in [1.29, 1.82) is 0 Å². The van der Waals surface area contributed by atoms with Crippen molar-refractivity contribution in [2.24, 2.45) is 5.92 Å². The molecule has 0 atom stereocenters. The predicted octanol–water partition coefficient (Wildman–Crippen LogP) is 1.66. The number of rotatable bonds is 4. The van der Waals surface area contributed by atoms with Crippen LogP contribution in [0.5, 0.6) is 0 Å². The summed E-state index contributed by atoms with van der Waals surface area (Å²) in [5.41, 5.74) is 0. The summed E-state index contributed by atoms with van der Waals surface area (Å²) in [5, 5.41) is 0. The summed E-state index contributed by atoms with van der Waals surface area (Å²) in [6.07, 6.45) is 5.21. The summed E-state index contributed by atoms with van der Waals surface area (Å²) in [7, 11) is 0. The number of hydrogen-bond donors (Lipinski definition) is 0. The number of hydrogen-bond acceptors (Lipinski definition) is 4. The number of amides is 1. The minimum atomic E-state index is -0.161. The Bertz CT molecular complexity index is 357. The molecule has 21 heavy (non-hydrogen) atoms. The Balaban J connectivity index is 1.72. The van der Waals surface area contributed by atoms with Gasteiger partial charge in [0.15, 0.2) is 0 Å². The molecule has 0 N–H and O–H groups in total. The van der Waals surface area contributed by atoms with Crippen LogP contribution in [0.15, 0.2) is 0 Å². The maximum absolute atomic E-state index is 12.4. The van der Waals surface area contributed by atoms with E-state index in [-0.39, 0.29) is 18.0 Å². The Morgan fingerprint density at radius 1 is 1.05 bits per heavy atom. The van der Waals surface area contributed by atoms with Crippen LogP contribution in [-0.4, -0.2) is 60.5 Å². The van der Waals surface area contributed by atoms with Crippen LogP contribution in [0.2, 0.25) is 0 Å². The molecular weight excluding hydrogens is 268 g/mol. The Morgan fingerprint density at radius 3 is 2.24 bits per heavy atom. The fraction of sp³-hybridized carbons (Fsp3) is 0.875. The summed E-state index contributed by atoms with van der Waals surface area (Å²) < 4.78 is 5.17. The van der Waals surface area contributed by atoms with Crippen molar-refractivity contribution in [2.45, 2.75) is 52.1 Å². The molecule has 5 heteroatoms. The molecule has 0 aromatic heterocycles. The first-order chi connectivity index (χ1) is 10.1. The lowest BCUT2D eigenvalue weighted by Gasteiger charge is -2.35. The van der Waals surface area contributed by atoms with Gasteiger partial charge in [0, 0.05) is 19.0 Å². The van der Waals surface area contributed by atoms with E-state index in [1.54, 1.807) is 0 Å². The molecular formula is C16H28N2O3. The van der Waals surface area contributed by atoms with E-state index in [0.29, 0.717) is 12.5 Å². The molecule has 120 valence electrons. The average Bonchev–Trinajstić information content (AvgIpc) is 2.47. The van der Waals surface area contributed by atoms with E-state index in [1.165, 1.54) is 6.42 Å². The van der Waals surface area contributed by atoms with Crippen LogP contribution in [0.25, 0.3) is 0 Å². The Hall–Kier alpha value is -1.10. The highest BCUT2D eigenvalue weighted by molar-refractivity contribution is 5.79. The lowest BCUT2D eigenvalue weighted by Crippen LogP contribution is -2.45. The van der Waals surface area contributed by atoms with E-state index in [0.717, 1.165) is 51.9 Å². The van der Waals surface area contributed by atoms with Crippen LogP contribution >= 0.6 is 0 Å². The first-order valence-corrected chi connectivity index (χ1v) is 8.27. The molecule has 0 spiro atoms. The first-order valence-electron chi connectivity index (χ1n) is 8.27. The van der Waals surface area contributed by atoms with E-state index >= 15 is 0 Å². The third-order valence-electron chi connectivity index (χ3n) is 4.32. The Kier molecular flexibility index (Phi) is 6.03. The molecule has 5 nitrogen and oxygen atoms in total. The van der Waals surface area contributed by atoms with Gasteiger partial charge in [0.1, 0.15) is 0 Å². The SMILES string of the molecule is CC(C)OC(=O)CN1CCC(C(=O)N2CCCCC2)CC1. The van der Waals surface area contributed by atoms with Crippen molar-refractivity contribution in [2.75, 3.05) is 32.7 Å². The number of carbonyl (C=O) groups is 2. The quantitative estimate of drug-likeness (QED) is 0.740. The molecule has 2 fully saturated rings. The predicted molar refractivity (Wildman–Crippen MR) is 80.8 cm³/mol.